The van der Waals surface area contributed by atoms with E-state index in [1.807, 2.05) is 24.3 Å². The fourth-order valence-electron chi connectivity index (χ4n) is 1.63. The summed E-state index contributed by atoms with van der Waals surface area (Å²) in [6, 6.07) is 11.1. The lowest BCUT2D eigenvalue weighted by Gasteiger charge is -2.06. The largest absolute Gasteiger partial charge is 0.370 e. The van der Waals surface area contributed by atoms with E-state index in [0.717, 1.165) is 23.8 Å². The summed E-state index contributed by atoms with van der Waals surface area (Å²) in [5.41, 5.74) is 6.75. The van der Waals surface area contributed by atoms with Crippen LogP contribution in [-0.2, 0) is 6.42 Å². The van der Waals surface area contributed by atoms with E-state index in [0.29, 0.717) is 5.56 Å². The van der Waals surface area contributed by atoms with Gasteiger partial charge in [-0.15, -0.1) is 0 Å². The number of hydrogen-bond donors (Lipinski definition) is 2. The highest BCUT2D eigenvalue weighted by atomic mass is 35.5. The zero-order valence-corrected chi connectivity index (χ0v) is 11.0. The van der Waals surface area contributed by atoms with Crippen LogP contribution in [0.2, 0.25) is 5.02 Å². The van der Waals surface area contributed by atoms with Gasteiger partial charge in [0.1, 0.15) is 5.82 Å². The first-order valence-electron chi connectivity index (χ1n) is 5.89. The van der Waals surface area contributed by atoms with Crippen LogP contribution >= 0.6 is 11.6 Å². The van der Waals surface area contributed by atoms with Crippen molar-refractivity contribution in [2.75, 3.05) is 11.9 Å². The molecule has 0 unspecified atom stereocenters. The molecule has 0 spiro atoms. The molecule has 2 rings (SSSR count). The number of benzene rings is 1. The SMILES string of the molecule is NC(=O)c1ccc(NCCc2ccc(Cl)cc2)nc1. The van der Waals surface area contributed by atoms with Gasteiger partial charge >= 0.3 is 0 Å². The van der Waals surface area contributed by atoms with Crippen LogP contribution in [0.5, 0.6) is 0 Å². The lowest BCUT2D eigenvalue weighted by molar-refractivity contribution is 0.1000. The van der Waals surface area contributed by atoms with Gasteiger partial charge in [0, 0.05) is 17.8 Å². The number of anilines is 1. The summed E-state index contributed by atoms with van der Waals surface area (Å²) in [7, 11) is 0. The molecule has 1 heterocycles. The van der Waals surface area contributed by atoms with Gasteiger partial charge in [0.25, 0.3) is 0 Å². The van der Waals surface area contributed by atoms with Crippen LogP contribution in [0.4, 0.5) is 5.82 Å². The second-order valence-corrected chi connectivity index (χ2v) is 4.54. The van der Waals surface area contributed by atoms with Crippen LogP contribution in [0.15, 0.2) is 42.6 Å². The predicted molar refractivity (Wildman–Crippen MR) is 76.4 cm³/mol. The molecule has 2 aromatic rings. The molecule has 4 nitrogen and oxygen atoms in total. The lowest BCUT2D eigenvalue weighted by atomic mass is 10.1. The third-order valence-electron chi connectivity index (χ3n) is 2.68. The van der Waals surface area contributed by atoms with Crippen molar-refractivity contribution in [3.63, 3.8) is 0 Å². The summed E-state index contributed by atoms with van der Waals surface area (Å²) >= 11 is 5.82. The van der Waals surface area contributed by atoms with Crippen molar-refractivity contribution in [2.45, 2.75) is 6.42 Å². The smallest absolute Gasteiger partial charge is 0.250 e. The number of carbonyl (C=O) groups excluding carboxylic acids is 1. The van der Waals surface area contributed by atoms with E-state index >= 15 is 0 Å². The van der Waals surface area contributed by atoms with Gasteiger partial charge in [0.2, 0.25) is 5.91 Å². The molecule has 0 aliphatic rings. The number of carbonyl (C=O) groups is 1. The van der Waals surface area contributed by atoms with E-state index in [2.05, 4.69) is 10.3 Å². The summed E-state index contributed by atoms with van der Waals surface area (Å²) in [6.07, 6.45) is 2.34. The number of amides is 1. The predicted octanol–water partition coefficient (Wildman–Crippen LogP) is 2.49. The van der Waals surface area contributed by atoms with Gasteiger partial charge < -0.3 is 11.1 Å². The Bertz CT molecular complexity index is 552. The number of aromatic nitrogens is 1. The molecule has 1 aromatic carbocycles. The molecule has 0 bridgehead atoms. The molecule has 0 saturated heterocycles. The minimum atomic E-state index is -0.472. The van der Waals surface area contributed by atoms with Gasteiger partial charge in [-0.05, 0) is 36.2 Å². The minimum absolute atomic E-state index is 0.406. The van der Waals surface area contributed by atoms with Crippen molar-refractivity contribution in [3.8, 4) is 0 Å². The molecule has 5 heteroatoms. The topological polar surface area (TPSA) is 68.0 Å². The quantitative estimate of drug-likeness (QED) is 0.881. The summed E-state index contributed by atoms with van der Waals surface area (Å²) in [5, 5.41) is 3.91. The standard InChI is InChI=1S/C14H14ClN3O/c15-12-4-1-10(2-5-12)7-8-17-13-6-3-11(9-18-13)14(16)19/h1-6,9H,7-8H2,(H2,16,19)(H,17,18). The molecular formula is C14H14ClN3O. The normalized spacial score (nSPS) is 10.2. The van der Waals surface area contributed by atoms with Crippen LogP contribution in [0, 0.1) is 0 Å². The molecule has 0 atom stereocenters. The minimum Gasteiger partial charge on any atom is -0.370 e. The number of rotatable bonds is 5. The highest BCUT2D eigenvalue weighted by Crippen LogP contribution is 2.10. The first-order chi connectivity index (χ1) is 9.15. The third kappa shape index (κ3) is 3.96. The van der Waals surface area contributed by atoms with Crippen LogP contribution < -0.4 is 11.1 Å². The fraction of sp³-hybridized carbons (Fsp3) is 0.143. The van der Waals surface area contributed by atoms with Crippen LogP contribution in [0.1, 0.15) is 15.9 Å². The monoisotopic (exact) mass is 275 g/mol. The maximum atomic E-state index is 10.9. The first kappa shape index (κ1) is 13.4. The van der Waals surface area contributed by atoms with Gasteiger partial charge in [0.05, 0.1) is 5.56 Å². The number of pyridine rings is 1. The van der Waals surface area contributed by atoms with Crippen molar-refractivity contribution in [1.29, 1.82) is 0 Å². The van der Waals surface area contributed by atoms with Gasteiger partial charge in [-0.25, -0.2) is 4.98 Å². The first-order valence-corrected chi connectivity index (χ1v) is 6.27. The average molecular weight is 276 g/mol. The van der Waals surface area contributed by atoms with Gasteiger partial charge in [-0.2, -0.15) is 0 Å². The summed E-state index contributed by atoms with van der Waals surface area (Å²) < 4.78 is 0. The highest BCUT2D eigenvalue weighted by Gasteiger charge is 2.00. The molecule has 19 heavy (non-hydrogen) atoms. The summed E-state index contributed by atoms with van der Waals surface area (Å²) in [5.74, 6) is 0.249. The van der Waals surface area contributed by atoms with Crippen LogP contribution in [0.3, 0.4) is 0 Å². The molecule has 0 radical (unpaired) electrons. The number of halogens is 1. The molecule has 1 aromatic heterocycles. The van der Waals surface area contributed by atoms with Crippen molar-refractivity contribution in [1.82, 2.24) is 4.98 Å². The van der Waals surface area contributed by atoms with Crippen molar-refractivity contribution in [2.24, 2.45) is 5.73 Å². The molecule has 98 valence electrons. The van der Waals surface area contributed by atoms with E-state index in [1.165, 1.54) is 11.8 Å². The Hall–Kier alpha value is -2.07. The Balaban J connectivity index is 1.85. The number of hydrogen-bond acceptors (Lipinski definition) is 3. The van der Waals surface area contributed by atoms with Crippen LogP contribution in [-0.4, -0.2) is 17.4 Å². The fourth-order valence-corrected chi connectivity index (χ4v) is 1.76. The van der Waals surface area contributed by atoms with E-state index in [1.54, 1.807) is 12.1 Å². The van der Waals surface area contributed by atoms with E-state index in [4.69, 9.17) is 17.3 Å². The molecule has 0 aliphatic carbocycles. The maximum absolute atomic E-state index is 10.9. The summed E-state index contributed by atoms with van der Waals surface area (Å²) in [6.45, 7) is 0.755. The Morgan fingerprint density at radius 2 is 1.95 bits per heavy atom. The van der Waals surface area contributed by atoms with Gasteiger partial charge in [0.15, 0.2) is 0 Å². The highest BCUT2D eigenvalue weighted by molar-refractivity contribution is 6.30. The van der Waals surface area contributed by atoms with Gasteiger partial charge in [-0.3, -0.25) is 4.79 Å². The average Bonchev–Trinajstić information content (AvgIpc) is 2.41. The molecule has 0 aliphatic heterocycles. The maximum Gasteiger partial charge on any atom is 0.250 e. The second-order valence-electron chi connectivity index (χ2n) is 4.10. The Labute approximate surface area is 116 Å². The zero-order valence-electron chi connectivity index (χ0n) is 10.3. The Kier molecular flexibility index (Phi) is 4.36. The molecule has 1 amide bonds. The Morgan fingerprint density at radius 1 is 1.21 bits per heavy atom. The van der Waals surface area contributed by atoms with Crippen molar-refractivity contribution < 1.29 is 4.79 Å². The Morgan fingerprint density at radius 3 is 2.53 bits per heavy atom. The molecule has 0 fully saturated rings. The molecular weight excluding hydrogens is 262 g/mol. The number of nitrogens with zero attached hydrogens (tertiary/aromatic N) is 1. The lowest BCUT2D eigenvalue weighted by Crippen LogP contribution is -2.12. The van der Waals surface area contributed by atoms with Gasteiger partial charge in [-0.1, -0.05) is 23.7 Å². The zero-order chi connectivity index (χ0) is 13.7. The number of primary amides is 1. The number of nitrogens with one attached hydrogen (secondary N) is 1. The van der Waals surface area contributed by atoms with Crippen molar-refractivity contribution in [3.05, 3.63) is 58.7 Å². The van der Waals surface area contributed by atoms with Crippen LogP contribution in [0.25, 0.3) is 0 Å². The molecule has 0 saturated carbocycles. The van der Waals surface area contributed by atoms with E-state index in [-0.39, 0.29) is 0 Å². The number of nitrogens with two attached hydrogens (primary N) is 1. The third-order valence-corrected chi connectivity index (χ3v) is 2.93. The summed E-state index contributed by atoms with van der Waals surface area (Å²) in [4.78, 5) is 15.0. The molecule has 3 N–H and O–H groups in total. The van der Waals surface area contributed by atoms with Crippen molar-refractivity contribution >= 4 is 23.3 Å². The van der Waals surface area contributed by atoms with E-state index in [9.17, 15) is 4.79 Å². The van der Waals surface area contributed by atoms with E-state index < -0.39 is 5.91 Å². The second kappa shape index (κ2) is 6.20.